The fraction of sp³-hybridized carbons (Fsp3) is 0.286. The van der Waals surface area contributed by atoms with Gasteiger partial charge in [-0.05, 0) is 55.2 Å². The number of benzene rings is 2. The Balaban J connectivity index is 1.56. The third-order valence-corrected chi connectivity index (χ3v) is 5.26. The molecule has 27 heavy (non-hydrogen) atoms. The lowest BCUT2D eigenvalue weighted by atomic mass is 9.98. The van der Waals surface area contributed by atoms with Crippen molar-refractivity contribution in [3.05, 3.63) is 69.2 Å². The zero-order valence-electron chi connectivity index (χ0n) is 15.1. The first-order valence-electron chi connectivity index (χ1n) is 9.08. The van der Waals surface area contributed by atoms with Gasteiger partial charge in [-0.25, -0.2) is 4.98 Å². The number of nitrogens with zero attached hydrogens (tertiary/aromatic N) is 3. The summed E-state index contributed by atoms with van der Waals surface area (Å²) in [4.78, 5) is 31.6. The highest BCUT2D eigenvalue weighted by Crippen LogP contribution is 2.33. The fourth-order valence-electron chi connectivity index (χ4n) is 3.79. The molecule has 2 aromatic carbocycles. The molecule has 0 radical (unpaired) electrons. The van der Waals surface area contributed by atoms with E-state index in [0.29, 0.717) is 29.0 Å². The monoisotopic (exact) mass is 381 g/mol. The largest absolute Gasteiger partial charge is 0.312 e. The predicted octanol–water partition coefficient (Wildman–Crippen LogP) is 3.73. The number of aryl methyl sites for hydroxylation is 3. The van der Waals surface area contributed by atoms with E-state index in [9.17, 15) is 9.59 Å². The van der Waals surface area contributed by atoms with Crippen LogP contribution in [0.2, 0.25) is 5.02 Å². The summed E-state index contributed by atoms with van der Waals surface area (Å²) >= 11 is 6.17. The van der Waals surface area contributed by atoms with Crippen LogP contribution in [0.3, 0.4) is 0 Å². The summed E-state index contributed by atoms with van der Waals surface area (Å²) in [6, 6.07) is 11.1. The second kappa shape index (κ2) is 7.16. The van der Waals surface area contributed by atoms with Crippen LogP contribution in [-0.4, -0.2) is 22.0 Å². The highest BCUT2D eigenvalue weighted by atomic mass is 35.5. The van der Waals surface area contributed by atoms with Crippen LogP contribution < -0.4 is 10.5 Å². The lowest BCUT2D eigenvalue weighted by Gasteiger charge is -2.31. The standard InChI is InChI=1S/C21H20ClN3O2/c1-14-11-16(22)12-15-5-4-9-25(20(14)15)19(26)8-10-24-13-23-18-7-3-2-6-17(18)21(24)27/h2-3,6-7,11-13H,4-5,8-10H2,1H3. The van der Waals surface area contributed by atoms with Gasteiger partial charge < -0.3 is 4.90 Å². The summed E-state index contributed by atoms with van der Waals surface area (Å²) in [6.45, 7) is 2.99. The second-order valence-electron chi connectivity index (χ2n) is 6.89. The van der Waals surface area contributed by atoms with Crippen LogP contribution in [0.5, 0.6) is 0 Å². The average Bonchev–Trinajstić information content (AvgIpc) is 2.66. The van der Waals surface area contributed by atoms with Gasteiger partial charge in [-0.15, -0.1) is 0 Å². The number of amides is 1. The number of rotatable bonds is 3. The number of anilines is 1. The molecule has 1 aromatic heterocycles. The van der Waals surface area contributed by atoms with Gasteiger partial charge >= 0.3 is 0 Å². The van der Waals surface area contributed by atoms with E-state index in [1.165, 1.54) is 10.9 Å². The minimum absolute atomic E-state index is 0.0152. The Morgan fingerprint density at radius 2 is 2.07 bits per heavy atom. The Hall–Kier alpha value is -2.66. The molecule has 0 saturated carbocycles. The molecule has 0 unspecified atom stereocenters. The SMILES string of the molecule is Cc1cc(Cl)cc2c1N(C(=O)CCn1cnc3ccccc3c1=O)CCC2. The summed E-state index contributed by atoms with van der Waals surface area (Å²) < 4.78 is 1.51. The first-order chi connectivity index (χ1) is 13.0. The molecule has 5 nitrogen and oxygen atoms in total. The predicted molar refractivity (Wildman–Crippen MR) is 107 cm³/mol. The van der Waals surface area contributed by atoms with E-state index >= 15 is 0 Å². The Kier molecular flexibility index (Phi) is 4.70. The number of fused-ring (bicyclic) bond motifs is 2. The molecule has 3 aromatic rings. The van der Waals surface area contributed by atoms with Crippen molar-refractivity contribution in [3.8, 4) is 0 Å². The van der Waals surface area contributed by atoms with E-state index in [1.807, 2.05) is 42.2 Å². The molecule has 138 valence electrons. The van der Waals surface area contributed by atoms with Crippen molar-refractivity contribution in [1.82, 2.24) is 9.55 Å². The van der Waals surface area contributed by atoms with Crippen LogP contribution in [-0.2, 0) is 17.8 Å². The summed E-state index contributed by atoms with van der Waals surface area (Å²) in [5.41, 5.74) is 3.65. The van der Waals surface area contributed by atoms with Crippen molar-refractivity contribution >= 4 is 34.1 Å². The van der Waals surface area contributed by atoms with Crippen LogP contribution in [0.15, 0.2) is 47.5 Å². The molecular formula is C21H20ClN3O2. The van der Waals surface area contributed by atoms with Crippen LogP contribution in [0.1, 0.15) is 24.0 Å². The van der Waals surface area contributed by atoms with Gasteiger partial charge in [0.25, 0.3) is 5.56 Å². The maximum atomic E-state index is 12.9. The molecule has 2 heterocycles. The van der Waals surface area contributed by atoms with E-state index in [4.69, 9.17) is 11.6 Å². The molecule has 1 aliphatic heterocycles. The third kappa shape index (κ3) is 3.35. The Morgan fingerprint density at radius 1 is 1.26 bits per heavy atom. The summed E-state index contributed by atoms with van der Waals surface area (Å²) in [6.07, 6.45) is 3.61. The van der Waals surface area contributed by atoms with Gasteiger partial charge in [0.2, 0.25) is 5.91 Å². The zero-order valence-corrected chi connectivity index (χ0v) is 15.9. The van der Waals surface area contributed by atoms with Crippen molar-refractivity contribution in [2.45, 2.75) is 32.7 Å². The maximum absolute atomic E-state index is 12.9. The van der Waals surface area contributed by atoms with Crippen LogP contribution in [0, 0.1) is 6.92 Å². The maximum Gasteiger partial charge on any atom is 0.261 e. The van der Waals surface area contributed by atoms with Gasteiger partial charge in [0, 0.05) is 30.2 Å². The molecule has 0 atom stereocenters. The molecule has 4 rings (SSSR count). The van der Waals surface area contributed by atoms with E-state index < -0.39 is 0 Å². The van der Waals surface area contributed by atoms with E-state index in [2.05, 4.69) is 4.98 Å². The number of hydrogen-bond acceptors (Lipinski definition) is 3. The van der Waals surface area contributed by atoms with Crippen molar-refractivity contribution in [3.63, 3.8) is 0 Å². The topological polar surface area (TPSA) is 55.2 Å². The number of carbonyl (C=O) groups excluding carboxylic acids is 1. The molecule has 1 aliphatic rings. The van der Waals surface area contributed by atoms with Crippen LogP contribution in [0.4, 0.5) is 5.69 Å². The molecule has 0 saturated heterocycles. The average molecular weight is 382 g/mol. The second-order valence-corrected chi connectivity index (χ2v) is 7.33. The van der Waals surface area contributed by atoms with Gasteiger partial charge in [0.15, 0.2) is 0 Å². The van der Waals surface area contributed by atoms with Crippen LogP contribution >= 0.6 is 11.6 Å². The number of aromatic nitrogens is 2. The molecule has 0 spiro atoms. The molecule has 0 bridgehead atoms. The van der Waals surface area contributed by atoms with Gasteiger partial charge in [-0.1, -0.05) is 23.7 Å². The highest BCUT2D eigenvalue weighted by molar-refractivity contribution is 6.30. The zero-order chi connectivity index (χ0) is 19.0. The van der Waals surface area contributed by atoms with Crippen molar-refractivity contribution in [1.29, 1.82) is 0 Å². The first kappa shape index (κ1) is 17.7. The van der Waals surface area contributed by atoms with Crippen molar-refractivity contribution in [2.24, 2.45) is 0 Å². The van der Waals surface area contributed by atoms with Gasteiger partial charge in [0.1, 0.15) is 0 Å². The number of para-hydroxylation sites is 1. The molecular weight excluding hydrogens is 362 g/mol. The van der Waals surface area contributed by atoms with Crippen molar-refractivity contribution in [2.75, 3.05) is 11.4 Å². The summed E-state index contributed by atoms with van der Waals surface area (Å²) in [7, 11) is 0. The van der Waals surface area contributed by atoms with Gasteiger partial charge in [-0.2, -0.15) is 0 Å². The normalized spacial score (nSPS) is 13.6. The smallest absolute Gasteiger partial charge is 0.261 e. The van der Waals surface area contributed by atoms with Crippen LogP contribution in [0.25, 0.3) is 10.9 Å². The minimum Gasteiger partial charge on any atom is -0.312 e. The first-order valence-corrected chi connectivity index (χ1v) is 9.46. The van der Waals surface area contributed by atoms with E-state index in [0.717, 1.165) is 29.7 Å². The summed E-state index contributed by atoms with van der Waals surface area (Å²) in [5.74, 6) is 0.0152. The quantitative estimate of drug-likeness (QED) is 0.694. The lowest BCUT2D eigenvalue weighted by molar-refractivity contribution is -0.118. The number of halogens is 1. The lowest BCUT2D eigenvalue weighted by Crippen LogP contribution is -2.37. The third-order valence-electron chi connectivity index (χ3n) is 5.04. The highest BCUT2D eigenvalue weighted by Gasteiger charge is 2.24. The van der Waals surface area contributed by atoms with E-state index in [1.54, 1.807) is 6.07 Å². The molecule has 6 heteroatoms. The Bertz CT molecular complexity index is 1090. The number of hydrogen-bond donors (Lipinski definition) is 0. The summed E-state index contributed by atoms with van der Waals surface area (Å²) in [5, 5.41) is 1.27. The Labute approximate surface area is 162 Å². The van der Waals surface area contributed by atoms with Gasteiger partial charge in [-0.3, -0.25) is 14.2 Å². The van der Waals surface area contributed by atoms with E-state index in [-0.39, 0.29) is 17.9 Å². The molecule has 1 amide bonds. The van der Waals surface area contributed by atoms with Crippen molar-refractivity contribution < 1.29 is 4.79 Å². The van der Waals surface area contributed by atoms with Gasteiger partial charge in [0.05, 0.1) is 17.2 Å². The molecule has 0 fully saturated rings. The minimum atomic E-state index is -0.115. The Morgan fingerprint density at radius 3 is 2.93 bits per heavy atom. The molecule has 0 aliphatic carbocycles. The fourth-order valence-corrected chi connectivity index (χ4v) is 4.08. The molecule has 0 N–H and O–H groups in total. The number of carbonyl (C=O) groups is 1.